The van der Waals surface area contributed by atoms with Gasteiger partial charge in [-0.1, -0.05) is 117 Å². The fourth-order valence-corrected chi connectivity index (χ4v) is 8.21. The van der Waals surface area contributed by atoms with Crippen LogP contribution >= 0.6 is 19.7 Å². The highest BCUT2D eigenvalue weighted by Gasteiger charge is 2.32. The summed E-state index contributed by atoms with van der Waals surface area (Å²) in [7, 11) is -0.611. The average molecular weight is 469 g/mol. The third-order valence-electron chi connectivity index (χ3n) is 6.05. The van der Waals surface area contributed by atoms with Crippen LogP contribution in [0.25, 0.3) is 11.0 Å². The lowest BCUT2D eigenvalue weighted by Crippen LogP contribution is -2.21. The number of thioether (sulfide) groups is 1. The molecule has 0 saturated carbocycles. The Morgan fingerprint density at radius 3 is 2.06 bits per heavy atom. The van der Waals surface area contributed by atoms with Gasteiger partial charge in [-0.3, -0.25) is 0 Å². The topological polar surface area (TPSA) is 17.8 Å². The van der Waals surface area contributed by atoms with Crippen molar-refractivity contribution in [2.75, 3.05) is 0 Å². The Morgan fingerprint density at radius 2 is 1.42 bits per heavy atom. The first kappa shape index (κ1) is 22.2. The Kier molecular flexibility index (Phi) is 6.53. The van der Waals surface area contributed by atoms with E-state index in [1.165, 1.54) is 21.4 Å². The lowest BCUT2D eigenvalue weighted by atomic mass is 10.0. The van der Waals surface area contributed by atoms with Crippen molar-refractivity contribution in [1.82, 2.24) is 9.55 Å². The van der Waals surface area contributed by atoms with Gasteiger partial charge in [-0.2, -0.15) is 0 Å². The standard InChI is InChI=1S/C29H29N2PS/c1-21(2)33-29-30-26-18-10-11-19-27(26)31(29)22(3)25-17-12-20-28(25)32(23-13-6-4-7-14-23)24-15-8-5-9-16-24/h4-22,25H,1-3H3/t22-,25?/m1/s1. The van der Waals surface area contributed by atoms with Gasteiger partial charge in [-0.25, -0.2) is 4.98 Å². The van der Waals surface area contributed by atoms with E-state index < -0.39 is 7.92 Å². The molecule has 0 saturated heterocycles. The summed E-state index contributed by atoms with van der Waals surface area (Å²) < 4.78 is 2.47. The van der Waals surface area contributed by atoms with E-state index in [0.717, 1.165) is 10.7 Å². The molecule has 1 heterocycles. The number of nitrogens with zero attached hydrogens (tertiary/aromatic N) is 2. The first-order valence-electron chi connectivity index (χ1n) is 11.6. The van der Waals surface area contributed by atoms with E-state index in [9.17, 15) is 0 Å². The van der Waals surface area contributed by atoms with Gasteiger partial charge in [-0.15, -0.1) is 0 Å². The van der Waals surface area contributed by atoms with Gasteiger partial charge in [0.05, 0.1) is 11.0 Å². The lowest BCUT2D eigenvalue weighted by molar-refractivity contribution is 0.455. The maximum Gasteiger partial charge on any atom is 0.169 e. The van der Waals surface area contributed by atoms with Crippen molar-refractivity contribution < 1.29 is 0 Å². The van der Waals surface area contributed by atoms with Gasteiger partial charge in [0.2, 0.25) is 0 Å². The first-order chi connectivity index (χ1) is 16.1. The Morgan fingerprint density at radius 1 is 0.818 bits per heavy atom. The van der Waals surface area contributed by atoms with Crippen LogP contribution in [-0.4, -0.2) is 14.8 Å². The highest BCUT2D eigenvalue weighted by molar-refractivity contribution is 7.99. The highest BCUT2D eigenvalue weighted by atomic mass is 32.2. The fraction of sp³-hybridized carbons (Fsp3) is 0.207. The number of hydrogen-bond donors (Lipinski definition) is 0. The van der Waals surface area contributed by atoms with Crippen LogP contribution in [0.1, 0.15) is 26.8 Å². The predicted octanol–water partition coefficient (Wildman–Crippen LogP) is 7.30. The van der Waals surface area contributed by atoms with Gasteiger partial charge in [-0.05, 0) is 42.9 Å². The van der Waals surface area contributed by atoms with E-state index in [-0.39, 0.29) is 6.04 Å². The molecule has 1 unspecified atom stereocenters. The molecule has 0 radical (unpaired) electrons. The molecule has 0 N–H and O–H groups in total. The molecule has 0 aliphatic heterocycles. The SMILES string of the molecule is CC(C)Sc1nc2ccccc2n1[C@H](C)C1C=CC=C1P(c1ccccc1)c1ccccc1. The normalized spacial score (nSPS) is 16.6. The van der Waals surface area contributed by atoms with Crippen LogP contribution in [0.15, 0.2) is 114 Å². The van der Waals surface area contributed by atoms with Crippen molar-refractivity contribution in [3.63, 3.8) is 0 Å². The Hall–Kier alpha value is -2.61. The molecule has 1 aromatic heterocycles. The van der Waals surface area contributed by atoms with Crippen molar-refractivity contribution in [1.29, 1.82) is 0 Å². The van der Waals surface area contributed by atoms with Gasteiger partial charge in [0.1, 0.15) is 0 Å². The summed E-state index contributed by atoms with van der Waals surface area (Å²) in [5, 5.41) is 5.90. The molecule has 5 rings (SSSR count). The fourth-order valence-electron chi connectivity index (χ4n) is 4.59. The van der Waals surface area contributed by atoms with E-state index in [1.807, 2.05) is 11.8 Å². The molecule has 4 heteroatoms. The number of rotatable bonds is 7. The zero-order chi connectivity index (χ0) is 22.8. The van der Waals surface area contributed by atoms with Crippen LogP contribution in [0.2, 0.25) is 0 Å². The number of para-hydroxylation sites is 2. The van der Waals surface area contributed by atoms with E-state index in [4.69, 9.17) is 4.98 Å². The number of benzene rings is 3. The van der Waals surface area contributed by atoms with Crippen LogP contribution in [0.4, 0.5) is 0 Å². The van der Waals surface area contributed by atoms with E-state index in [0.29, 0.717) is 11.2 Å². The third kappa shape index (κ3) is 4.45. The van der Waals surface area contributed by atoms with Crippen LogP contribution in [0.3, 0.4) is 0 Å². The maximum absolute atomic E-state index is 5.02. The van der Waals surface area contributed by atoms with Gasteiger partial charge in [0, 0.05) is 17.2 Å². The van der Waals surface area contributed by atoms with Crippen molar-refractivity contribution >= 4 is 41.3 Å². The van der Waals surface area contributed by atoms with Crippen molar-refractivity contribution in [3.8, 4) is 0 Å². The minimum absolute atomic E-state index is 0.265. The summed E-state index contributed by atoms with van der Waals surface area (Å²) >= 11 is 1.85. The van der Waals surface area contributed by atoms with Gasteiger partial charge >= 0.3 is 0 Å². The zero-order valence-electron chi connectivity index (χ0n) is 19.3. The molecule has 2 atom stereocenters. The summed E-state index contributed by atoms with van der Waals surface area (Å²) in [6.45, 7) is 6.84. The third-order valence-corrected chi connectivity index (χ3v) is 9.61. The minimum Gasteiger partial charge on any atom is -0.315 e. The minimum atomic E-state index is -0.611. The Labute approximate surface area is 202 Å². The van der Waals surface area contributed by atoms with Crippen LogP contribution < -0.4 is 10.6 Å². The zero-order valence-corrected chi connectivity index (χ0v) is 21.0. The van der Waals surface area contributed by atoms with Gasteiger partial charge < -0.3 is 4.57 Å². The Balaban J connectivity index is 1.59. The molecule has 1 aliphatic rings. The predicted molar refractivity (Wildman–Crippen MR) is 145 cm³/mol. The van der Waals surface area contributed by atoms with Crippen LogP contribution in [-0.2, 0) is 0 Å². The molecule has 0 amide bonds. The molecular formula is C29H29N2PS. The smallest absolute Gasteiger partial charge is 0.169 e. The monoisotopic (exact) mass is 468 g/mol. The summed E-state index contributed by atoms with van der Waals surface area (Å²) in [4.78, 5) is 5.02. The second-order valence-corrected chi connectivity index (χ2v) is 12.4. The lowest BCUT2D eigenvalue weighted by Gasteiger charge is -2.30. The molecule has 4 aromatic rings. The summed E-state index contributed by atoms with van der Waals surface area (Å²) in [5.41, 5.74) is 2.30. The van der Waals surface area contributed by atoms with E-state index >= 15 is 0 Å². The molecular weight excluding hydrogens is 439 g/mol. The molecule has 1 aliphatic carbocycles. The van der Waals surface area contributed by atoms with Crippen molar-refractivity contribution in [3.05, 3.63) is 108 Å². The van der Waals surface area contributed by atoms with E-state index in [2.05, 4.69) is 128 Å². The van der Waals surface area contributed by atoms with Crippen LogP contribution in [0, 0.1) is 5.92 Å². The summed E-state index contributed by atoms with van der Waals surface area (Å²) in [5.74, 6) is 0.320. The summed E-state index contributed by atoms with van der Waals surface area (Å²) in [6, 6.07) is 30.8. The molecule has 0 spiro atoms. The number of aromatic nitrogens is 2. The van der Waals surface area contributed by atoms with Crippen molar-refractivity contribution in [2.45, 2.75) is 37.2 Å². The molecule has 3 aromatic carbocycles. The molecule has 0 bridgehead atoms. The first-order valence-corrected chi connectivity index (χ1v) is 13.8. The summed E-state index contributed by atoms with van der Waals surface area (Å²) in [6.07, 6.45) is 7.01. The Bertz CT molecular complexity index is 1250. The number of fused-ring (bicyclic) bond motifs is 1. The number of imidazole rings is 1. The van der Waals surface area contributed by atoms with Crippen molar-refractivity contribution in [2.24, 2.45) is 5.92 Å². The molecule has 33 heavy (non-hydrogen) atoms. The second-order valence-electron chi connectivity index (χ2n) is 8.67. The van der Waals surface area contributed by atoms with Crippen LogP contribution in [0.5, 0.6) is 0 Å². The average Bonchev–Trinajstić information content (AvgIpc) is 3.44. The van der Waals surface area contributed by atoms with Gasteiger partial charge in [0.25, 0.3) is 0 Å². The largest absolute Gasteiger partial charge is 0.315 e. The molecule has 0 fully saturated rings. The number of hydrogen-bond acceptors (Lipinski definition) is 2. The highest BCUT2D eigenvalue weighted by Crippen LogP contribution is 2.52. The quantitative estimate of drug-likeness (QED) is 0.209. The molecule has 166 valence electrons. The molecule has 2 nitrogen and oxygen atoms in total. The number of allylic oxidation sites excluding steroid dienone is 4. The second kappa shape index (κ2) is 9.71. The van der Waals surface area contributed by atoms with E-state index in [1.54, 1.807) is 0 Å². The maximum atomic E-state index is 5.02. The van der Waals surface area contributed by atoms with Gasteiger partial charge in [0.15, 0.2) is 5.16 Å².